The van der Waals surface area contributed by atoms with Gasteiger partial charge in [-0.15, -0.1) is 0 Å². The van der Waals surface area contributed by atoms with Crippen LogP contribution in [0.4, 0.5) is 0 Å². The average molecular weight is 959 g/mol. The zero-order valence-corrected chi connectivity index (χ0v) is 44.5. The highest BCUT2D eigenvalue weighted by atomic mass is 31.2. The van der Waals surface area contributed by atoms with Gasteiger partial charge >= 0.3 is 19.8 Å². The second kappa shape index (κ2) is 48.2. The molecule has 2 atom stereocenters. The molecule has 0 aliphatic carbocycles. The van der Waals surface area contributed by atoms with Crippen molar-refractivity contribution in [1.29, 1.82) is 0 Å². The predicted molar refractivity (Wildman–Crippen MR) is 284 cm³/mol. The summed E-state index contributed by atoms with van der Waals surface area (Å²) in [6.45, 7) is 4.28. The first-order valence-corrected chi connectivity index (χ1v) is 28.3. The van der Waals surface area contributed by atoms with Crippen LogP contribution in [0.2, 0.25) is 0 Å². The normalized spacial score (nSPS) is 14.1. The van der Waals surface area contributed by atoms with Crippen LogP contribution in [0.15, 0.2) is 85.1 Å². The Morgan fingerprint density at radius 3 is 1.27 bits per heavy atom. The molecule has 0 spiro atoms. The van der Waals surface area contributed by atoms with E-state index in [0.29, 0.717) is 17.4 Å². The van der Waals surface area contributed by atoms with Gasteiger partial charge in [0.1, 0.15) is 19.8 Å². The molecule has 0 saturated heterocycles. The second-order valence-corrected chi connectivity index (χ2v) is 20.3. The molecule has 1 N–H and O–H groups in total. The number of phosphoric ester groups is 1. The zero-order valence-electron chi connectivity index (χ0n) is 43.6. The quantitative estimate of drug-likeness (QED) is 0.0211. The summed E-state index contributed by atoms with van der Waals surface area (Å²) >= 11 is 0. The minimum Gasteiger partial charge on any atom is -0.462 e. The van der Waals surface area contributed by atoms with Gasteiger partial charge in [0.2, 0.25) is 0 Å². The molecule has 0 heterocycles. The summed E-state index contributed by atoms with van der Waals surface area (Å²) in [6.07, 6.45) is 63.5. The Bertz CT molecular complexity index is 1410. The van der Waals surface area contributed by atoms with Gasteiger partial charge in [0, 0.05) is 12.8 Å². The lowest BCUT2D eigenvalue weighted by Crippen LogP contribution is -2.37. The highest BCUT2D eigenvalue weighted by Crippen LogP contribution is 2.43. The molecule has 10 heteroatoms. The highest BCUT2D eigenvalue weighted by Gasteiger charge is 2.27. The van der Waals surface area contributed by atoms with Crippen molar-refractivity contribution in [3.05, 3.63) is 85.1 Å². The highest BCUT2D eigenvalue weighted by molar-refractivity contribution is 7.47. The van der Waals surface area contributed by atoms with Crippen molar-refractivity contribution in [3.63, 3.8) is 0 Å². The van der Waals surface area contributed by atoms with Gasteiger partial charge in [0.25, 0.3) is 0 Å². The summed E-state index contributed by atoms with van der Waals surface area (Å²) in [5.74, 6) is -0.820. The third-order valence-electron chi connectivity index (χ3n) is 11.2. The largest absolute Gasteiger partial charge is 0.472 e. The number of allylic oxidation sites excluding steroid dienone is 14. The van der Waals surface area contributed by atoms with Crippen molar-refractivity contribution in [3.8, 4) is 0 Å². The first-order chi connectivity index (χ1) is 32.5. The van der Waals surface area contributed by atoms with Crippen LogP contribution in [-0.4, -0.2) is 74.9 Å². The van der Waals surface area contributed by atoms with Gasteiger partial charge in [0.15, 0.2) is 6.10 Å². The van der Waals surface area contributed by atoms with Gasteiger partial charge in [-0.3, -0.25) is 18.6 Å². The standard InChI is InChI=1S/C57H100NO8P/c1-6-8-10-12-14-16-18-20-22-24-25-26-27-28-29-30-31-32-33-34-36-38-40-42-44-46-48-50-57(60)66-55(54-65-67(61,62)64-52-51-58(3,4)5)53-63-56(59)49-47-45-43-41-39-37-35-23-21-19-17-15-13-11-9-7-2/h8,10,14,16-17,19-20,22-23,25-26,28-29,35,55H,6-7,9,11-13,15,18,21,24,27,30-34,36-54H2,1-5H3/p+1/b10-8-,16-14-,19-17-,22-20-,26-25-,29-28-,35-23-. The molecule has 0 aromatic heterocycles. The fourth-order valence-electron chi connectivity index (χ4n) is 7.01. The molecular weight excluding hydrogens is 858 g/mol. The fourth-order valence-corrected chi connectivity index (χ4v) is 7.75. The number of hydrogen-bond acceptors (Lipinski definition) is 7. The fraction of sp³-hybridized carbons (Fsp3) is 0.719. The molecule has 0 aromatic rings. The van der Waals surface area contributed by atoms with E-state index in [4.69, 9.17) is 18.5 Å². The maximum absolute atomic E-state index is 12.8. The summed E-state index contributed by atoms with van der Waals surface area (Å²) in [7, 11) is 1.46. The Morgan fingerprint density at radius 1 is 0.478 bits per heavy atom. The van der Waals surface area contributed by atoms with Gasteiger partial charge in [-0.2, -0.15) is 0 Å². The molecule has 0 rings (SSSR count). The lowest BCUT2D eigenvalue weighted by molar-refractivity contribution is -0.870. The van der Waals surface area contributed by atoms with Crippen LogP contribution < -0.4 is 0 Å². The van der Waals surface area contributed by atoms with Crippen LogP contribution in [0, 0.1) is 0 Å². The Hall–Kier alpha value is -2.81. The van der Waals surface area contributed by atoms with Gasteiger partial charge in [-0.1, -0.05) is 195 Å². The van der Waals surface area contributed by atoms with E-state index in [1.165, 1.54) is 77.0 Å². The minimum absolute atomic E-state index is 0.0251. The summed E-state index contributed by atoms with van der Waals surface area (Å²) in [5.41, 5.74) is 0. The molecule has 0 fully saturated rings. The minimum atomic E-state index is -4.39. The van der Waals surface area contributed by atoms with Crippen molar-refractivity contribution >= 4 is 19.8 Å². The number of unbranched alkanes of at least 4 members (excludes halogenated alkanes) is 20. The Balaban J connectivity index is 4.22. The molecule has 2 unspecified atom stereocenters. The van der Waals surface area contributed by atoms with E-state index in [1.807, 2.05) is 21.1 Å². The molecule has 0 radical (unpaired) electrons. The molecule has 9 nitrogen and oxygen atoms in total. The number of quaternary nitrogens is 1. The molecule has 67 heavy (non-hydrogen) atoms. The lowest BCUT2D eigenvalue weighted by atomic mass is 10.0. The molecule has 0 amide bonds. The Labute approximate surface area is 411 Å². The number of rotatable bonds is 48. The molecule has 0 bridgehead atoms. The summed E-state index contributed by atoms with van der Waals surface area (Å²) < 4.78 is 34.5. The molecule has 0 aromatic carbocycles. The molecular formula is C57H101NO8P+. The van der Waals surface area contributed by atoms with Crippen LogP contribution in [0.1, 0.15) is 213 Å². The van der Waals surface area contributed by atoms with Crippen LogP contribution in [0.3, 0.4) is 0 Å². The van der Waals surface area contributed by atoms with Gasteiger partial charge in [-0.25, -0.2) is 4.57 Å². The third kappa shape index (κ3) is 52.4. The Morgan fingerprint density at radius 2 is 0.851 bits per heavy atom. The van der Waals surface area contributed by atoms with E-state index >= 15 is 0 Å². The number of nitrogens with zero attached hydrogens (tertiary/aromatic N) is 1. The molecule has 0 aliphatic rings. The predicted octanol–water partition coefficient (Wildman–Crippen LogP) is 16.3. The van der Waals surface area contributed by atoms with Crippen molar-refractivity contribution < 1.29 is 42.1 Å². The summed E-state index contributed by atoms with van der Waals surface area (Å²) in [5, 5.41) is 0. The van der Waals surface area contributed by atoms with E-state index in [0.717, 1.165) is 103 Å². The molecule has 0 aliphatic heterocycles. The monoisotopic (exact) mass is 959 g/mol. The maximum atomic E-state index is 12.8. The second-order valence-electron chi connectivity index (χ2n) is 18.9. The maximum Gasteiger partial charge on any atom is 0.472 e. The van der Waals surface area contributed by atoms with Crippen molar-refractivity contribution in [2.45, 2.75) is 219 Å². The van der Waals surface area contributed by atoms with Crippen LogP contribution in [0.25, 0.3) is 0 Å². The number of carbonyl (C=O) groups excluding carboxylic acids is 2. The smallest absolute Gasteiger partial charge is 0.462 e. The van der Waals surface area contributed by atoms with E-state index in [9.17, 15) is 19.0 Å². The average Bonchev–Trinajstić information content (AvgIpc) is 3.29. The van der Waals surface area contributed by atoms with Crippen LogP contribution >= 0.6 is 7.82 Å². The Kier molecular flexibility index (Phi) is 46.2. The zero-order chi connectivity index (χ0) is 49.2. The number of likely N-dealkylation sites (N-methyl/N-ethyl adjacent to an activating group) is 1. The van der Waals surface area contributed by atoms with Gasteiger partial charge in [0.05, 0.1) is 27.7 Å². The summed E-state index contributed by atoms with van der Waals surface area (Å²) in [4.78, 5) is 35.6. The van der Waals surface area contributed by atoms with E-state index in [1.54, 1.807) is 0 Å². The van der Waals surface area contributed by atoms with E-state index in [-0.39, 0.29) is 32.0 Å². The number of esters is 2. The topological polar surface area (TPSA) is 108 Å². The van der Waals surface area contributed by atoms with Gasteiger partial charge < -0.3 is 18.9 Å². The first kappa shape index (κ1) is 64.2. The number of carbonyl (C=O) groups is 2. The molecule has 0 saturated carbocycles. The van der Waals surface area contributed by atoms with Crippen molar-refractivity contribution in [1.82, 2.24) is 0 Å². The van der Waals surface area contributed by atoms with Crippen molar-refractivity contribution in [2.24, 2.45) is 0 Å². The van der Waals surface area contributed by atoms with Gasteiger partial charge in [-0.05, 0) is 89.9 Å². The number of ether oxygens (including phenoxy) is 2. The SMILES string of the molecule is CC/C=C\C/C=C\C/C=C\C/C=C\C/C=C\CCCCCCCCCCCCCC(=O)OC(COC(=O)CCCCCCC/C=C\C/C=C\CCCCCC)COP(=O)(O)OCC[N+](C)(C)C. The van der Waals surface area contributed by atoms with Crippen LogP contribution in [-0.2, 0) is 32.7 Å². The van der Waals surface area contributed by atoms with E-state index < -0.39 is 26.5 Å². The van der Waals surface area contributed by atoms with Crippen LogP contribution in [0.5, 0.6) is 0 Å². The molecule has 386 valence electrons. The van der Waals surface area contributed by atoms with E-state index in [2.05, 4.69) is 98.9 Å². The van der Waals surface area contributed by atoms with Crippen molar-refractivity contribution in [2.75, 3.05) is 47.5 Å². The number of phosphoric acid groups is 1. The number of hydrogen-bond donors (Lipinski definition) is 1. The summed E-state index contributed by atoms with van der Waals surface area (Å²) in [6, 6.07) is 0. The first-order valence-electron chi connectivity index (χ1n) is 26.8. The lowest BCUT2D eigenvalue weighted by Gasteiger charge is -2.24. The third-order valence-corrected chi connectivity index (χ3v) is 12.1.